The molecule has 0 aromatic heterocycles. The van der Waals surface area contributed by atoms with Gasteiger partial charge in [-0.05, 0) is 42.2 Å². The lowest BCUT2D eigenvalue weighted by Crippen LogP contribution is -2.38. The Balaban J connectivity index is 2.23. The highest BCUT2D eigenvalue weighted by Crippen LogP contribution is 2.43. The normalized spacial score (nSPS) is 29.3. The molecule has 1 aliphatic carbocycles. The lowest BCUT2D eigenvalue weighted by Gasteiger charge is -2.41. The molecule has 0 amide bonds. The molecule has 2 rings (SSSR count). The quantitative estimate of drug-likeness (QED) is 0.797. The minimum absolute atomic E-state index is 0.0977. The summed E-state index contributed by atoms with van der Waals surface area (Å²) in [7, 11) is 0. The van der Waals surface area contributed by atoms with Crippen LogP contribution in [0.3, 0.4) is 0 Å². The fourth-order valence-electron chi connectivity index (χ4n) is 3.11. The maximum absolute atomic E-state index is 13.9. The van der Waals surface area contributed by atoms with Gasteiger partial charge >= 0.3 is 0 Å². The standard InChI is InChI=1S/C16H24FN/c1-16(2,3)11-8-9-15(18)13(10-11)12-6-4-5-7-14(12)17/h4-7,11,13,15H,8-10,18H2,1-3H3. The fourth-order valence-corrected chi connectivity index (χ4v) is 3.11. The zero-order valence-corrected chi connectivity index (χ0v) is 11.6. The van der Waals surface area contributed by atoms with Gasteiger partial charge in [-0.25, -0.2) is 4.39 Å². The van der Waals surface area contributed by atoms with Gasteiger partial charge in [0.15, 0.2) is 0 Å². The second-order valence-corrected chi connectivity index (χ2v) is 6.67. The van der Waals surface area contributed by atoms with Crippen LogP contribution in [0.25, 0.3) is 0 Å². The van der Waals surface area contributed by atoms with Gasteiger partial charge in [-0.2, -0.15) is 0 Å². The van der Waals surface area contributed by atoms with Gasteiger partial charge in [-0.1, -0.05) is 39.0 Å². The van der Waals surface area contributed by atoms with Crippen molar-refractivity contribution in [3.63, 3.8) is 0 Å². The van der Waals surface area contributed by atoms with Crippen molar-refractivity contribution in [2.24, 2.45) is 17.1 Å². The smallest absolute Gasteiger partial charge is 0.126 e. The van der Waals surface area contributed by atoms with E-state index < -0.39 is 0 Å². The summed E-state index contributed by atoms with van der Waals surface area (Å²) in [6, 6.07) is 7.19. The van der Waals surface area contributed by atoms with Crippen LogP contribution in [0.15, 0.2) is 24.3 Å². The molecule has 2 heteroatoms. The van der Waals surface area contributed by atoms with E-state index in [1.54, 1.807) is 12.1 Å². The number of rotatable bonds is 1. The summed E-state index contributed by atoms with van der Waals surface area (Å²) >= 11 is 0. The van der Waals surface area contributed by atoms with Crippen LogP contribution in [0.4, 0.5) is 4.39 Å². The molecule has 1 saturated carbocycles. The second kappa shape index (κ2) is 5.00. The Bertz CT molecular complexity index is 408. The van der Waals surface area contributed by atoms with E-state index in [1.807, 2.05) is 12.1 Å². The average Bonchev–Trinajstić information content (AvgIpc) is 2.29. The van der Waals surface area contributed by atoms with Crippen molar-refractivity contribution in [1.29, 1.82) is 0 Å². The van der Waals surface area contributed by atoms with Gasteiger partial charge in [0.05, 0.1) is 0 Å². The Kier molecular flexibility index (Phi) is 3.76. The van der Waals surface area contributed by atoms with E-state index in [1.165, 1.54) is 0 Å². The maximum Gasteiger partial charge on any atom is 0.126 e. The van der Waals surface area contributed by atoms with Crippen LogP contribution in [0.2, 0.25) is 0 Å². The minimum atomic E-state index is -0.104. The first-order valence-corrected chi connectivity index (χ1v) is 6.89. The Morgan fingerprint density at radius 2 is 1.83 bits per heavy atom. The Morgan fingerprint density at radius 1 is 1.17 bits per heavy atom. The zero-order valence-electron chi connectivity index (χ0n) is 11.6. The molecule has 0 spiro atoms. The molecule has 1 aliphatic rings. The van der Waals surface area contributed by atoms with Crippen LogP contribution in [0.1, 0.15) is 51.5 Å². The van der Waals surface area contributed by atoms with E-state index in [9.17, 15) is 4.39 Å². The third kappa shape index (κ3) is 2.74. The predicted molar refractivity (Wildman–Crippen MR) is 73.9 cm³/mol. The van der Waals surface area contributed by atoms with Crippen molar-refractivity contribution >= 4 is 0 Å². The zero-order chi connectivity index (χ0) is 13.3. The van der Waals surface area contributed by atoms with Crippen molar-refractivity contribution in [2.75, 3.05) is 0 Å². The highest BCUT2D eigenvalue weighted by Gasteiger charge is 2.35. The summed E-state index contributed by atoms with van der Waals surface area (Å²) in [5.41, 5.74) is 7.30. The van der Waals surface area contributed by atoms with Crippen molar-refractivity contribution in [3.8, 4) is 0 Å². The predicted octanol–water partition coefficient (Wildman–Crippen LogP) is 4.08. The molecule has 0 aliphatic heterocycles. The lowest BCUT2D eigenvalue weighted by atomic mass is 9.66. The second-order valence-electron chi connectivity index (χ2n) is 6.67. The van der Waals surface area contributed by atoms with Crippen LogP contribution >= 0.6 is 0 Å². The van der Waals surface area contributed by atoms with E-state index in [-0.39, 0.29) is 23.2 Å². The van der Waals surface area contributed by atoms with Crippen LogP contribution in [0.5, 0.6) is 0 Å². The first kappa shape index (κ1) is 13.5. The third-order valence-corrected chi connectivity index (χ3v) is 4.43. The van der Waals surface area contributed by atoms with Crippen LogP contribution in [0, 0.1) is 17.2 Å². The summed E-state index contributed by atoms with van der Waals surface area (Å²) in [5.74, 6) is 0.693. The molecule has 1 fully saturated rings. The molecular weight excluding hydrogens is 225 g/mol. The fraction of sp³-hybridized carbons (Fsp3) is 0.625. The highest BCUT2D eigenvalue weighted by molar-refractivity contribution is 5.24. The number of hydrogen-bond donors (Lipinski definition) is 1. The minimum Gasteiger partial charge on any atom is -0.327 e. The summed E-state index contributed by atoms with van der Waals surface area (Å²) in [5, 5.41) is 0. The Morgan fingerprint density at radius 3 is 2.44 bits per heavy atom. The van der Waals surface area contributed by atoms with Gasteiger partial charge in [-0.15, -0.1) is 0 Å². The SMILES string of the molecule is CC(C)(C)C1CCC(N)C(c2ccccc2F)C1. The third-order valence-electron chi connectivity index (χ3n) is 4.43. The molecule has 1 nitrogen and oxygen atoms in total. The maximum atomic E-state index is 13.9. The monoisotopic (exact) mass is 249 g/mol. The molecule has 0 bridgehead atoms. The number of hydrogen-bond acceptors (Lipinski definition) is 1. The highest BCUT2D eigenvalue weighted by atomic mass is 19.1. The summed E-state index contributed by atoms with van der Waals surface area (Å²) in [6.07, 6.45) is 3.17. The van der Waals surface area contributed by atoms with Gasteiger partial charge in [-0.3, -0.25) is 0 Å². The van der Waals surface area contributed by atoms with Gasteiger partial charge in [0.1, 0.15) is 5.82 Å². The number of halogens is 1. The molecule has 0 saturated heterocycles. The van der Waals surface area contributed by atoms with E-state index in [0.717, 1.165) is 24.8 Å². The summed E-state index contributed by atoms with van der Waals surface area (Å²) < 4.78 is 13.9. The molecule has 3 atom stereocenters. The van der Waals surface area contributed by atoms with Gasteiger partial charge in [0.2, 0.25) is 0 Å². The Labute approximate surface area is 110 Å². The molecular formula is C16H24FN. The Hall–Kier alpha value is -0.890. The van der Waals surface area contributed by atoms with Gasteiger partial charge < -0.3 is 5.73 Å². The molecule has 0 radical (unpaired) electrons. The van der Waals surface area contributed by atoms with E-state index in [2.05, 4.69) is 20.8 Å². The number of nitrogens with two attached hydrogens (primary N) is 1. The molecule has 3 unspecified atom stereocenters. The van der Waals surface area contributed by atoms with Crippen molar-refractivity contribution < 1.29 is 4.39 Å². The molecule has 1 aromatic rings. The van der Waals surface area contributed by atoms with Crippen molar-refractivity contribution in [3.05, 3.63) is 35.6 Å². The summed E-state index contributed by atoms with van der Waals surface area (Å²) in [6.45, 7) is 6.81. The van der Waals surface area contributed by atoms with Crippen molar-refractivity contribution in [2.45, 2.75) is 52.0 Å². The molecule has 1 aromatic carbocycles. The lowest BCUT2D eigenvalue weighted by molar-refractivity contribution is 0.152. The first-order valence-electron chi connectivity index (χ1n) is 6.89. The summed E-state index contributed by atoms with van der Waals surface area (Å²) in [4.78, 5) is 0. The largest absolute Gasteiger partial charge is 0.327 e. The molecule has 2 N–H and O–H groups in total. The van der Waals surface area contributed by atoms with Crippen LogP contribution in [-0.2, 0) is 0 Å². The molecule has 0 heterocycles. The van der Waals surface area contributed by atoms with E-state index in [0.29, 0.717) is 5.92 Å². The van der Waals surface area contributed by atoms with E-state index in [4.69, 9.17) is 5.73 Å². The molecule has 100 valence electrons. The topological polar surface area (TPSA) is 26.0 Å². The average molecular weight is 249 g/mol. The molecule has 18 heavy (non-hydrogen) atoms. The van der Waals surface area contributed by atoms with Crippen LogP contribution in [-0.4, -0.2) is 6.04 Å². The van der Waals surface area contributed by atoms with Crippen molar-refractivity contribution in [1.82, 2.24) is 0 Å². The number of benzene rings is 1. The van der Waals surface area contributed by atoms with E-state index >= 15 is 0 Å². The van der Waals surface area contributed by atoms with Gasteiger partial charge in [0.25, 0.3) is 0 Å². The van der Waals surface area contributed by atoms with Gasteiger partial charge in [0, 0.05) is 12.0 Å². The first-order chi connectivity index (χ1) is 8.39. The van der Waals surface area contributed by atoms with Crippen LogP contribution < -0.4 is 5.73 Å².